The van der Waals surface area contributed by atoms with Gasteiger partial charge < -0.3 is 10.4 Å². The smallest absolute Gasteiger partial charge is 0.311 e. The second-order valence-electron chi connectivity index (χ2n) is 5.08. The summed E-state index contributed by atoms with van der Waals surface area (Å²) in [7, 11) is 0. The minimum absolute atomic E-state index is 0.0779. The zero-order valence-electron chi connectivity index (χ0n) is 11.0. The zero-order chi connectivity index (χ0) is 15.6. The summed E-state index contributed by atoms with van der Waals surface area (Å²) in [5.74, 6) is -2.62. The van der Waals surface area contributed by atoms with Crippen LogP contribution in [0.3, 0.4) is 0 Å². The van der Waals surface area contributed by atoms with Gasteiger partial charge >= 0.3 is 5.97 Å². The molecule has 21 heavy (non-hydrogen) atoms. The topological polar surface area (TPSA) is 110 Å². The van der Waals surface area contributed by atoms with E-state index >= 15 is 0 Å². The lowest BCUT2D eigenvalue weighted by Crippen LogP contribution is -2.47. The predicted octanol–water partition coefficient (Wildman–Crippen LogP) is 1.72. The molecule has 112 valence electrons. The Morgan fingerprint density at radius 1 is 1.38 bits per heavy atom. The van der Waals surface area contributed by atoms with E-state index in [2.05, 4.69) is 5.32 Å². The second kappa shape index (κ2) is 5.47. The van der Waals surface area contributed by atoms with Gasteiger partial charge in [-0.1, -0.05) is 6.42 Å². The lowest BCUT2D eigenvalue weighted by Gasteiger charge is -2.37. The average molecular weight is 296 g/mol. The van der Waals surface area contributed by atoms with Crippen molar-refractivity contribution in [3.63, 3.8) is 0 Å². The highest BCUT2D eigenvalue weighted by molar-refractivity contribution is 5.95. The summed E-state index contributed by atoms with van der Waals surface area (Å²) in [6, 6.07) is 2.53. The van der Waals surface area contributed by atoms with Crippen molar-refractivity contribution in [1.29, 1.82) is 0 Å². The highest BCUT2D eigenvalue weighted by Gasteiger charge is 2.44. The van der Waals surface area contributed by atoms with Crippen LogP contribution in [0.25, 0.3) is 0 Å². The predicted molar refractivity (Wildman–Crippen MR) is 69.3 cm³/mol. The third-order valence-electron chi connectivity index (χ3n) is 3.71. The number of nitro benzene ring substituents is 1. The molecule has 0 saturated heterocycles. The van der Waals surface area contributed by atoms with Crippen molar-refractivity contribution < 1.29 is 24.0 Å². The summed E-state index contributed by atoms with van der Waals surface area (Å²) in [4.78, 5) is 32.9. The normalized spacial score (nSPS) is 15.9. The summed E-state index contributed by atoms with van der Waals surface area (Å²) >= 11 is 0. The number of carboxylic acids is 1. The number of carboxylic acid groups (broad SMARTS) is 1. The molecule has 8 heteroatoms. The highest BCUT2D eigenvalue weighted by Crippen LogP contribution is 2.40. The van der Waals surface area contributed by atoms with Gasteiger partial charge in [-0.2, -0.15) is 0 Å². The molecule has 1 aromatic carbocycles. The number of nitrogens with one attached hydrogen (secondary N) is 1. The number of nitrogens with zero attached hydrogens (tertiary/aromatic N) is 1. The molecule has 2 rings (SSSR count). The molecule has 1 fully saturated rings. The molecule has 1 aliphatic carbocycles. The van der Waals surface area contributed by atoms with Crippen molar-refractivity contribution >= 4 is 17.6 Å². The molecule has 1 aliphatic rings. The van der Waals surface area contributed by atoms with Gasteiger partial charge in [0.15, 0.2) is 0 Å². The maximum absolute atomic E-state index is 13.2. The summed E-state index contributed by atoms with van der Waals surface area (Å²) in [5.41, 5.74) is -1.71. The number of benzene rings is 1. The molecule has 1 saturated carbocycles. The standard InChI is InChI=1S/C13H13FN2O5/c14-9-4-8(5-10(6-9)16(20)21)11(17)15-7-13(12(18)19)2-1-3-13/h4-6H,1-3,7H2,(H,15,17)(H,18,19). The fraction of sp³-hybridized carbons (Fsp3) is 0.385. The first-order valence-corrected chi connectivity index (χ1v) is 6.31. The number of rotatable bonds is 5. The molecule has 1 amide bonds. The Bertz CT molecular complexity index is 613. The van der Waals surface area contributed by atoms with Crippen LogP contribution in [-0.2, 0) is 4.79 Å². The summed E-state index contributed by atoms with van der Waals surface area (Å²) in [6.07, 6.45) is 1.70. The van der Waals surface area contributed by atoms with Crippen LogP contribution in [-0.4, -0.2) is 28.5 Å². The van der Waals surface area contributed by atoms with Crippen LogP contribution in [0.15, 0.2) is 18.2 Å². The van der Waals surface area contributed by atoms with Crippen LogP contribution in [0, 0.1) is 21.3 Å². The van der Waals surface area contributed by atoms with Crippen molar-refractivity contribution in [2.24, 2.45) is 5.41 Å². The summed E-state index contributed by atoms with van der Waals surface area (Å²) in [5, 5.41) is 22.2. The van der Waals surface area contributed by atoms with Gasteiger partial charge in [-0.25, -0.2) is 4.39 Å². The first-order valence-electron chi connectivity index (χ1n) is 6.31. The average Bonchev–Trinajstić information content (AvgIpc) is 2.35. The van der Waals surface area contributed by atoms with E-state index in [0.29, 0.717) is 18.9 Å². The number of amides is 1. The molecule has 0 bridgehead atoms. The monoisotopic (exact) mass is 296 g/mol. The third kappa shape index (κ3) is 2.99. The maximum atomic E-state index is 13.2. The minimum atomic E-state index is -0.987. The van der Waals surface area contributed by atoms with E-state index in [4.69, 9.17) is 5.11 Å². The number of carbonyl (C=O) groups is 2. The van der Waals surface area contributed by atoms with Crippen molar-refractivity contribution in [3.05, 3.63) is 39.7 Å². The fourth-order valence-electron chi connectivity index (χ4n) is 2.23. The maximum Gasteiger partial charge on any atom is 0.311 e. The molecular formula is C13H13FN2O5. The molecular weight excluding hydrogens is 283 g/mol. The van der Waals surface area contributed by atoms with Crippen LogP contribution in [0.5, 0.6) is 0 Å². The Balaban J connectivity index is 2.10. The molecule has 0 aromatic heterocycles. The molecule has 0 aliphatic heterocycles. The van der Waals surface area contributed by atoms with Gasteiger partial charge in [-0.05, 0) is 18.9 Å². The van der Waals surface area contributed by atoms with Gasteiger partial charge in [-0.15, -0.1) is 0 Å². The second-order valence-corrected chi connectivity index (χ2v) is 5.08. The molecule has 2 N–H and O–H groups in total. The Labute approximate surface area is 118 Å². The van der Waals surface area contributed by atoms with Gasteiger partial charge in [-0.3, -0.25) is 19.7 Å². The Morgan fingerprint density at radius 3 is 2.52 bits per heavy atom. The largest absolute Gasteiger partial charge is 0.481 e. The SMILES string of the molecule is O=C(NCC1(C(=O)O)CCC1)c1cc(F)cc([N+](=O)[O-])c1. The van der Waals surface area contributed by atoms with E-state index in [1.807, 2.05) is 0 Å². The fourth-order valence-corrected chi connectivity index (χ4v) is 2.23. The number of carbonyl (C=O) groups excluding carboxylic acids is 1. The van der Waals surface area contributed by atoms with Gasteiger partial charge in [0, 0.05) is 18.2 Å². The zero-order valence-corrected chi connectivity index (χ0v) is 11.0. The van der Waals surface area contributed by atoms with Crippen LogP contribution in [0.2, 0.25) is 0 Å². The summed E-state index contributed by atoms with van der Waals surface area (Å²) in [6.45, 7) is -0.0779. The molecule has 0 spiro atoms. The third-order valence-corrected chi connectivity index (χ3v) is 3.71. The Kier molecular flexibility index (Phi) is 3.88. The van der Waals surface area contributed by atoms with Crippen molar-refractivity contribution in [1.82, 2.24) is 5.32 Å². The molecule has 0 unspecified atom stereocenters. The Morgan fingerprint density at radius 2 is 2.05 bits per heavy atom. The Hall–Kier alpha value is -2.51. The van der Waals surface area contributed by atoms with Gasteiger partial charge in [0.2, 0.25) is 0 Å². The first-order chi connectivity index (χ1) is 9.84. The number of nitro groups is 1. The van der Waals surface area contributed by atoms with Crippen molar-refractivity contribution in [2.45, 2.75) is 19.3 Å². The van der Waals surface area contributed by atoms with Gasteiger partial charge in [0.25, 0.3) is 11.6 Å². The van der Waals surface area contributed by atoms with Crippen LogP contribution in [0.1, 0.15) is 29.6 Å². The molecule has 0 heterocycles. The first kappa shape index (κ1) is 14.9. The number of aliphatic carboxylic acids is 1. The quantitative estimate of drug-likeness (QED) is 0.635. The summed E-state index contributed by atoms with van der Waals surface area (Å²) < 4.78 is 13.2. The molecule has 7 nitrogen and oxygen atoms in total. The van der Waals surface area contributed by atoms with E-state index in [-0.39, 0.29) is 12.1 Å². The van der Waals surface area contributed by atoms with E-state index in [1.165, 1.54) is 0 Å². The van der Waals surface area contributed by atoms with Crippen LogP contribution < -0.4 is 5.32 Å². The lowest BCUT2D eigenvalue weighted by atomic mass is 9.69. The number of non-ortho nitro benzene ring substituents is 1. The molecule has 0 atom stereocenters. The number of hydrogen-bond acceptors (Lipinski definition) is 4. The van der Waals surface area contributed by atoms with E-state index in [0.717, 1.165) is 18.6 Å². The molecule has 0 radical (unpaired) electrons. The van der Waals surface area contributed by atoms with E-state index in [9.17, 15) is 24.1 Å². The van der Waals surface area contributed by atoms with E-state index in [1.54, 1.807) is 0 Å². The van der Waals surface area contributed by atoms with Crippen LogP contribution in [0.4, 0.5) is 10.1 Å². The highest BCUT2D eigenvalue weighted by atomic mass is 19.1. The van der Waals surface area contributed by atoms with Crippen molar-refractivity contribution in [2.75, 3.05) is 6.54 Å². The number of halogens is 1. The van der Waals surface area contributed by atoms with E-state index < -0.39 is 33.7 Å². The van der Waals surface area contributed by atoms with Gasteiger partial charge in [0.1, 0.15) is 5.82 Å². The van der Waals surface area contributed by atoms with Crippen LogP contribution >= 0.6 is 0 Å². The van der Waals surface area contributed by atoms with Gasteiger partial charge in [0.05, 0.1) is 16.4 Å². The minimum Gasteiger partial charge on any atom is -0.481 e. The number of hydrogen-bond donors (Lipinski definition) is 2. The molecule has 1 aromatic rings. The van der Waals surface area contributed by atoms with Crippen molar-refractivity contribution in [3.8, 4) is 0 Å². The lowest BCUT2D eigenvalue weighted by molar-refractivity contribution is -0.385.